The van der Waals surface area contributed by atoms with Gasteiger partial charge >= 0.3 is 0 Å². The summed E-state index contributed by atoms with van der Waals surface area (Å²) in [6, 6.07) is 21.0. The van der Waals surface area contributed by atoms with Gasteiger partial charge in [-0.2, -0.15) is 0 Å². The third-order valence-electron chi connectivity index (χ3n) is 4.97. The highest BCUT2D eigenvalue weighted by Gasteiger charge is 2.40. The van der Waals surface area contributed by atoms with Crippen molar-refractivity contribution >= 4 is 63.5 Å². The van der Waals surface area contributed by atoms with Crippen LogP contribution in [0.4, 0.5) is 5.69 Å². The highest BCUT2D eigenvalue weighted by molar-refractivity contribution is 14.1. The Kier molecular flexibility index (Phi) is 6.33. The molecule has 156 valence electrons. The summed E-state index contributed by atoms with van der Waals surface area (Å²) in [5.74, 6) is -0.775. The van der Waals surface area contributed by atoms with E-state index in [-0.39, 0.29) is 16.6 Å². The minimum atomic E-state index is -0.413. The van der Waals surface area contributed by atoms with Gasteiger partial charge in [-0.3, -0.25) is 19.4 Å². The van der Waals surface area contributed by atoms with Gasteiger partial charge in [-0.05, 0) is 95.8 Å². The third kappa shape index (κ3) is 4.20. The molecule has 2 heterocycles. The molecule has 0 atom stereocenters. The molecule has 7 heteroatoms. The van der Waals surface area contributed by atoms with E-state index in [1.165, 1.54) is 9.80 Å². The van der Waals surface area contributed by atoms with Crippen LogP contribution in [0.5, 0.6) is 0 Å². The summed E-state index contributed by atoms with van der Waals surface area (Å²) in [4.78, 5) is 29.6. The van der Waals surface area contributed by atoms with Gasteiger partial charge in [0.1, 0.15) is 5.57 Å². The lowest BCUT2D eigenvalue weighted by atomic mass is 10.1. The first kappa shape index (κ1) is 21.5. The average Bonchev–Trinajstić information content (AvgIpc) is 3.24. The summed E-state index contributed by atoms with van der Waals surface area (Å²) in [7, 11) is 0. The molecule has 5 nitrogen and oxygen atoms in total. The molecule has 1 aliphatic heterocycles. The van der Waals surface area contributed by atoms with E-state index in [0.717, 1.165) is 21.4 Å². The van der Waals surface area contributed by atoms with Gasteiger partial charge in [-0.25, -0.2) is 0 Å². The molecular formula is C24H20IN3O2S. The van der Waals surface area contributed by atoms with Crippen molar-refractivity contribution in [2.45, 2.75) is 13.3 Å². The van der Waals surface area contributed by atoms with E-state index in [2.05, 4.69) is 22.6 Å². The maximum atomic E-state index is 13.4. The number of hydrogen-bond acceptors (Lipinski definition) is 3. The number of aromatic nitrogens is 1. The monoisotopic (exact) mass is 541 g/mol. The fourth-order valence-electron chi connectivity index (χ4n) is 3.50. The smallest absolute Gasteiger partial charge is 0.270 e. The van der Waals surface area contributed by atoms with Crippen LogP contribution in [0.3, 0.4) is 0 Å². The summed E-state index contributed by atoms with van der Waals surface area (Å²) in [6.45, 7) is 2.42. The van der Waals surface area contributed by atoms with Crippen molar-refractivity contribution in [3.8, 4) is 5.69 Å². The Balaban J connectivity index is 1.80. The molecule has 0 unspecified atom stereocenters. The highest BCUT2D eigenvalue weighted by atomic mass is 127. The van der Waals surface area contributed by atoms with Gasteiger partial charge in [-0.1, -0.05) is 25.1 Å². The Morgan fingerprint density at radius 2 is 1.61 bits per heavy atom. The molecule has 31 heavy (non-hydrogen) atoms. The molecule has 0 N–H and O–H groups in total. The minimum absolute atomic E-state index is 0.0939. The maximum Gasteiger partial charge on any atom is 0.270 e. The standard InChI is InChI=1S/C24H20IN3O2S/c1-2-14-27-22(29)21(23(30)28(24(27)31)19-7-4-3-5-8-19)16-20-9-6-15-26(20)18-12-10-17(25)11-13-18/h3-13,15-16H,2,14H2,1H3/b21-16+. The second-order valence-electron chi connectivity index (χ2n) is 7.05. The zero-order chi connectivity index (χ0) is 22.0. The number of para-hydroxylation sites is 1. The van der Waals surface area contributed by atoms with Crippen LogP contribution in [0.2, 0.25) is 0 Å². The molecule has 0 radical (unpaired) electrons. The van der Waals surface area contributed by atoms with Gasteiger partial charge in [0, 0.05) is 27.7 Å². The van der Waals surface area contributed by atoms with Gasteiger partial charge in [0.25, 0.3) is 11.8 Å². The van der Waals surface area contributed by atoms with Crippen LogP contribution in [0.1, 0.15) is 19.0 Å². The van der Waals surface area contributed by atoms with E-state index in [9.17, 15) is 9.59 Å². The third-order valence-corrected chi connectivity index (χ3v) is 6.09. The molecule has 1 saturated heterocycles. The van der Waals surface area contributed by atoms with E-state index in [1.807, 2.05) is 84.4 Å². The lowest BCUT2D eigenvalue weighted by Crippen LogP contribution is -2.56. The van der Waals surface area contributed by atoms with Crippen LogP contribution in [0, 0.1) is 3.57 Å². The van der Waals surface area contributed by atoms with Crippen molar-refractivity contribution in [3.63, 3.8) is 0 Å². The van der Waals surface area contributed by atoms with E-state index in [0.29, 0.717) is 12.2 Å². The van der Waals surface area contributed by atoms with Crippen molar-refractivity contribution in [1.29, 1.82) is 0 Å². The van der Waals surface area contributed by atoms with Crippen molar-refractivity contribution in [1.82, 2.24) is 9.47 Å². The van der Waals surface area contributed by atoms with Crippen LogP contribution in [0.25, 0.3) is 11.8 Å². The lowest BCUT2D eigenvalue weighted by molar-refractivity contribution is -0.127. The number of carbonyl (C=O) groups excluding carboxylic acids is 2. The molecule has 0 bridgehead atoms. The zero-order valence-electron chi connectivity index (χ0n) is 16.9. The molecule has 0 saturated carbocycles. The molecule has 1 aromatic heterocycles. The van der Waals surface area contributed by atoms with Crippen molar-refractivity contribution in [2.75, 3.05) is 11.4 Å². The highest BCUT2D eigenvalue weighted by Crippen LogP contribution is 2.27. The summed E-state index contributed by atoms with van der Waals surface area (Å²) >= 11 is 7.80. The summed E-state index contributed by atoms with van der Waals surface area (Å²) in [6.07, 6.45) is 4.30. The second-order valence-corrected chi connectivity index (χ2v) is 8.66. The predicted octanol–water partition coefficient (Wildman–Crippen LogP) is 5.04. The number of rotatable bonds is 5. The van der Waals surface area contributed by atoms with Gasteiger partial charge in [-0.15, -0.1) is 0 Å². The second kappa shape index (κ2) is 9.15. The Morgan fingerprint density at radius 3 is 2.29 bits per heavy atom. The molecule has 2 amide bonds. The predicted molar refractivity (Wildman–Crippen MR) is 135 cm³/mol. The molecule has 4 rings (SSSR count). The summed E-state index contributed by atoms with van der Waals surface area (Å²) in [5.41, 5.74) is 2.44. The van der Waals surface area contributed by atoms with Crippen molar-refractivity contribution in [2.24, 2.45) is 0 Å². The van der Waals surface area contributed by atoms with Crippen LogP contribution in [0.15, 0.2) is 78.5 Å². The molecule has 1 aliphatic rings. The number of hydrogen-bond donors (Lipinski definition) is 0. The summed E-state index contributed by atoms with van der Waals surface area (Å²) in [5, 5.41) is 0.216. The van der Waals surface area contributed by atoms with E-state index < -0.39 is 5.91 Å². The number of thiocarbonyl (C=S) groups is 1. The molecule has 0 aliphatic carbocycles. The molecular weight excluding hydrogens is 521 g/mol. The maximum absolute atomic E-state index is 13.4. The fraction of sp³-hybridized carbons (Fsp3) is 0.125. The first-order chi connectivity index (χ1) is 15.0. The minimum Gasteiger partial charge on any atom is -0.317 e. The number of halogens is 1. The number of benzene rings is 2. The van der Waals surface area contributed by atoms with Crippen molar-refractivity contribution in [3.05, 3.63) is 87.8 Å². The first-order valence-corrected chi connectivity index (χ1v) is 11.4. The van der Waals surface area contributed by atoms with Gasteiger partial charge in [0.2, 0.25) is 0 Å². The number of amides is 2. The number of nitrogens with zero attached hydrogens (tertiary/aromatic N) is 3. The van der Waals surface area contributed by atoms with Gasteiger partial charge in [0.15, 0.2) is 5.11 Å². The Hall–Kier alpha value is -2.78. The van der Waals surface area contributed by atoms with Crippen molar-refractivity contribution < 1.29 is 9.59 Å². The Bertz CT molecular complexity index is 1170. The molecule has 3 aromatic rings. The average molecular weight is 541 g/mol. The van der Waals surface area contributed by atoms with Crippen LogP contribution in [-0.4, -0.2) is 32.9 Å². The van der Waals surface area contributed by atoms with Crippen LogP contribution < -0.4 is 4.90 Å². The zero-order valence-corrected chi connectivity index (χ0v) is 19.8. The number of anilines is 1. The quantitative estimate of drug-likeness (QED) is 0.197. The largest absolute Gasteiger partial charge is 0.317 e. The number of carbonyl (C=O) groups is 2. The van der Waals surface area contributed by atoms with E-state index >= 15 is 0 Å². The van der Waals surface area contributed by atoms with E-state index in [1.54, 1.807) is 6.08 Å². The Labute approximate surface area is 200 Å². The Morgan fingerprint density at radius 1 is 0.903 bits per heavy atom. The molecule has 1 fully saturated rings. The molecule has 2 aromatic carbocycles. The van der Waals surface area contributed by atoms with Crippen LogP contribution >= 0.6 is 34.8 Å². The van der Waals surface area contributed by atoms with E-state index in [4.69, 9.17) is 12.2 Å². The SMILES string of the molecule is CCCN1C(=O)/C(=C\c2cccn2-c2ccc(I)cc2)C(=O)N(c2ccccc2)C1=S. The normalized spacial score (nSPS) is 15.8. The fourth-order valence-corrected chi connectivity index (χ4v) is 4.22. The first-order valence-electron chi connectivity index (χ1n) is 9.91. The topological polar surface area (TPSA) is 45.6 Å². The van der Waals surface area contributed by atoms with Crippen LogP contribution in [-0.2, 0) is 9.59 Å². The summed E-state index contributed by atoms with van der Waals surface area (Å²) < 4.78 is 3.08. The van der Waals surface area contributed by atoms with Gasteiger partial charge < -0.3 is 4.57 Å². The molecule has 0 spiro atoms. The van der Waals surface area contributed by atoms with Gasteiger partial charge in [0.05, 0.1) is 5.69 Å². The lowest BCUT2D eigenvalue weighted by Gasteiger charge is -2.36.